The molecule has 1 aliphatic heterocycles. The molecule has 2 N–H and O–H groups in total. The summed E-state index contributed by atoms with van der Waals surface area (Å²) in [5.74, 6) is 0.0127. The second-order valence-corrected chi connectivity index (χ2v) is 4.21. The van der Waals surface area contributed by atoms with Crippen LogP contribution in [0.1, 0.15) is 37.8 Å². The Morgan fingerprint density at radius 2 is 2.44 bits per heavy atom. The molecular weight excluding hydrogens is 210 g/mol. The van der Waals surface area contributed by atoms with Crippen molar-refractivity contribution in [1.82, 2.24) is 15.2 Å². The van der Waals surface area contributed by atoms with Crippen LogP contribution < -0.4 is 0 Å². The lowest BCUT2D eigenvalue weighted by Gasteiger charge is -2.30. The molecule has 0 saturated carbocycles. The van der Waals surface area contributed by atoms with Gasteiger partial charge in [-0.15, -0.1) is 0 Å². The van der Waals surface area contributed by atoms with Crippen molar-refractivity contribution >= 4 is 5.97 Å². The maximum absolute atomic E-state index is 10.5. The van der Waals surface area contributed by atoms with E-state index in [1.165, 1.54) is 0 Å². The van der Waals surface area contributed by atoms with E-state index in [0.29, 0.717) is 18.3 Å². The van der Waals surface area contributed by atoms with Gasteiger partial charge >= 0.3 is 5.97 Å². The first kappa shape index (κ1) is 11.1. The van der Waals surface area contributed by atoms with Gasteiger partial charge in [0.2, 0.25) is 0 Å². The van der Waals surface area contributed by atoms with Crippen LogP contribution in [0.4, 0.5) is 0 Å². The average Bonchev–Trinajstić information content (AvgIpc) is 2.67. The monoisotopic (exact) mass is 225 g/mol. The van der Waals surface area contributed by atoms with Crippen LogP contribution in [0.3, 0.4) is 0 Å². The van der Waals surface area contributed by atoms with Gasteiger partial charge in [0.1, 0.15) is 17.8 Å². The minimum Gasteiger partial charge on any atom is -0.481 e. The number of rotatable bonds is 3. The van der Waals surface area contributed by atoms with Crippen molar-refractivity contribution in [2.75, 3.05) is 6.61 Å². The number of carboxylic acid groups (broad SMARTS) is 1. The Bertz CT molecular complexity index is 382. The van der Waals surface area contributed by atoms with E-state index in [4.69, 9.17) is 9.84 Å². The minimum absolute atomic E-state index is 0.136. The molecule has 1 saturated heterocycles. The zero-order valence-corrected chi connectivity index (χ0v) is 9.19. The fourth-order valence-corrected chi connectivity index (χ4v) is 1.86. The molecule has 0 radical (unpaired) electrons. The number of H-pyrrole nitrogens is 1. The number of carboxylic acids is 1. The number of aromatic amines is 1. The van der Waals surface area contributed by atoms with Crippen molar-refractivity contribution in [3.05, 3.63) is 11.6 Å². The Balaban J connectivity index is 2.13. The van der Waals surface area contributed by atoms with Gasteiger partial charge in [-0.25, -0.2) is 4.98 Å². The third kappa shape index (κ3) is 2.21. The molecule has 1 unspecified atom stereocenters. The SMILES string of the molecule is CC1(c2n[nH]c(CC(=O)O)n2)CCCCO1. The summed E-state index contributed by atoms with van der Waals surface area (Å²) in [6.07, 6.45) is 2.88. The standard InChI is InChI=1S/C10H15N3O3/c1-10(4-2-3-5-16-10)9-11-7(12-13-9)6-8(14)15/h2-6H2,1H3,(H,14,15)(H,11,12,13). The summed E-state index contributed by atoms with van der Waals surface area (Å²) >= 11 is 0. The maximum atomic E-state index is 10.5. The van der Waals surface area contributed by atoms with Gasteiger partial charge in [0.25, 0.3) is 0 Å². The van der Waals surface area contributed by atoms with Crippen LogP contribution in [0.25, 0.3) is 0 Å². The summed E-state index contributed by atoms with van der Waals surface area (Å²) < 4.78 is 5.68. The molecular formula is C10H15N3O3. The second-order valence-electron chi connectivity index (χ2n) is 4.21. The second kappa shape index (κ2) is 4.21. The number of carbonyl (C=O) groups is 1. The fraction of sp³-hybridized carbons (Fsp3) is 0.700. The van der Waals surface area contributed by atoms with Crippen LogP contribution in [0.15, 0.2) is 0 Å². The molecule has 88 valence electrons. The van der Waals surface area contributed by atoms with Crippen LogP contribution in [-0.4, -0.2) is 32.9 Å². The number of hydrogen-bond acceptors (Lipinski definition) is 4. The van der Waals surface area contributed by atoms with Crippen LogP contribution in [0.2, 0.25) is 0 Å². The summed E-state index contributed by atoms with van der Waals surface area (Å²) in [6, 6.07) is 0. The van der Waals surface area contributed by atoms with Crippen LogP contribution in [0.5, 0.6) is 0 Å². The smallest absolute Gasteiger partial charge is 0.311 e. The first-order valence-electron chi connectivity index (χ1n) is 5.38. The predicted octanol–water partition coefficient (Wildman–Crippen LogP) is 0.847. The Labute approximate surface area is 93.0 Å². The summed E-state index contributed by atoms with van der Waals surface area (Å²) in [7, 11) is 0. The summed E-state index contributed by atoms with van der Waals surface area (Å²) in [5.41, 5.74) is -0.467. The zero-order valence-electron chi connectivity index (χ0n) is 9.19. The Morgan fingerprint density at radius 1 is 1.62 bits per heavy atom. The number of hydrogen-bond donors (Lipinski definition) is 2. The molecule has 0 aromatic carbocycles. The van der Waals surface area contributed by atoms with Crippen molar-refractivity contribution in [1.29, 1.82) is 0 Å². The molecule has 1 aliphatic rings. The quantitative estimate of drug-likeness (QED) is 0.796. The summed E-state index contributed by atoms with van der Waals surface area (Å²) in [4.78, 5) is 14.7. The normalized spacial score (nSPS) is 25.6. The summed E-state index contributed by atoms with van der Waals surface area (Å²) in [5, 5.41) is 15.3. The van der Waals surface area contributed by atoms with E-state index in [1.807, 2.05) is 6.92 Å². The zero-order chi connectivity index (χ0) is 11.6. The highest BCUT2D eigenvalue weighted by atomic mass is 16.5. The largest absolute Gasteiger partial charge is 0.481 e. The third-order valence-corrected chi connectivity index (χ3v) is 2.79. The van der Waals surface area contributed by atoms with E-state index in [-0.39, 0.29) is 6.42 Å². The lowest BCUT2D eigenvalue weighted by molar-refractivity contribution is -0.136. The van der Waals surface area contributed by atoms with Crippen molar-refractivity contribution in [3.63, 3.8) is 0 Å². The molecule has 0 spiro atoms. The Morgan fingerprint density at radius 3 is 3.06 bits per heavy atom. The Kier molecular flexibility index (Phi) is 2.91. The molecule has 6 nitrogen and oxygen atoms in total. The molecule has 1 aromatic rings. The average molecular weight is 225 g/mol. The van der Waals surface area contributed by atoms with E-state index < -0.39 is 11.6 Å². The van der Waals surface area contributed by atoms with E-state index in [0.717, 1.165) is 19.3 Å². The molecule has 1 aromatic heterocycles. The van der Waals surface area contributed by atoms with Gasteiger partial charge < -0.3 is 9.84 Å². The van der Waals surface area contributed by atoms with Crippen molar-refractivity contribution in [2.24, 2.45) is 0 Å². The maximum Gasteiger partial charge on any atom is 0.311 e. The summed E-state index contributed by atoms with van der Waals surface area (Å²) in [6.45, 7) is 2.65. The predicted molar refractivity (Wildman–Crippen MR) is 54.9 cm³/mol. The van der Waals surface area contributed by atoms with Gasteiger partial charge in [0.15, 0.2) is 5.82 Å². The van der Waals surface area contributed by atoms with Crippen molar-refractivity contribution < 1.29 is 14.6 Å². The highest BCUT2D eigenvalue weighted by molar-refractivity contribution is 5.68. The van der Waals surface area contributed by atoms with Crippen molar-refractivity contribution in [3.8, 4) is 0 Å². The lowest BCUT2D eigenvalue weighted by Crippen LogP contribution is -2.31. The third-order valence-electron chi connectivity index (χ3n) is 2.79. The van der Waals surface area contributed by atoms with Crippen LogP contribution in [-0.2, 0) is 21.6 Å². The molecule has 6 heteroatoms. The number of aliphatic carboxylic acids is 1. The Hall–Kier alpha value is -1.43. The molecule has 0 aliphatic carbocycles. The number of nitrogens with one attached hydrogen (secondary N) is 1. The first-order valence-corrected chi connectivity index (χ1v) is 5.38. The fourth-order valence-electron chi connectivity index (χ4n) is 1.86. The van der Waals surface area contributed by atoms with Crippen molar-refractivity contribution in [2.45, 2.75) is 38.2 Å². The molecule has 16 heavy (non-hydrogen) atoms. The van der Waals surface area contributed by atoms with E-state index in [1.54, 1.807) is 0 Å². The number of ether oxygens (including phenoxy) is 1. The van der Waals surface area contributed by atoms with E-state index in [2.05, 4.69) is 15.2 Å². The highest BCUT2D eigenvalue weighted by Gasteiger charge is 2.34. The number of aromatic nitrogens is 3. The molecule has 0 bridgehead atoms. The molecule has 0 amide bonds. The lowest BCUT2D eigenvalue weighted by atomic mass is 9.95. The highest BCUT2D eigenvalue weighted by Crippen LogP contribution is 2.32. The van der Waals surface area contributed by atoms with Gasteiger partial charge in [0.05, 0.1) is 0 Å². The van der Waals surface area contributed by atoms with Gasteiger partial charge in [-0.3, -0.25) is 9.89 Å². The molecule has 2 heterocycles. The first-order chi connectivity index (χ1) is 7.60. The van der Waals surface area contributed by atoms with Gasteiger partial charge in [0, 0.05) is 6.61 Å². The van der Waals surface area contributed by atoms with E-state index >= 15 is 0 Å². The molecule has 1 fully saturated rings. The van der Waals surface area contributed by atoms with Gasteiger partial charge in [-0.2, -0.15) is 5.10 Å². The van der Waals surface area contributed by atoms with Crippen LogP contribution >= 0.6 is 0 Å². The molecule has 2 rings (SSSR count). The molecule has 1 atom stereocenters. The number of nitrogens with zero attached hydrogens (tertiary/aromatic N) is 2. The van der Waals surface area contributed by atoms with Gasteiger partial charge in [-0.1, -0.05) is 0 Å². The topological polar surface area (TPSA) is 88.1 Å². The van der Waals surface area contributed by atoms with Crippen LogP contribution in [0, 0.1) is 0 Å². The minimum atomic E-state index is -0.919. The van der Waals surface area contributed by atoms with Gasteiger partial charge in [-0.05, 0) is 26.2 Å². The van der Waals surface area contributed by atoms with E-state index in [9.17, 15) is 4.79 Å².